The lowest BCUT2D eigenvalue weighted by Crippen LogP contribution is -2.77. The molecule has 270 valence electrons. The Morgan fingerprint density at radius 2 is 1.64 bits per heavy atom. The lowest BCUT2D eigenvalue weighted by Gasteiger charge is -2.66. The molecule has 4 aliphatic heterocycles. The molecule has 1 aromatic heterocycles. The minimum absolute atomic E-state index is 0.123. The van der Waals surface area contributed by atoms with Crippen molar-refractivity contribution < 1.29 is 33.6 Å². The molecule has 2 aromatic rings. The summed E-state index contributed by atoms with van der Waals surface area (Å²) in [6, 6.07) is 4.19. The van der Waals surface area contributed by atoms with Crippen LogP contribution in [-0.4, -0.2) is 74.6 Å². The van der Waals surface area contributed by atoms with Crippen LogP contribution in [0, 0.1) is 23.2 Å². The third-order valence-electron chi connectivity index (χ3n) is 15.9. The molecule has 0 radical (unpaired) electrons. The van der Waals surface area contributed by atoms with E-state index in [1.54, 1.807) is 0 Å². The number of hydrogen-bond donors (Lipinski definition) is 2. The molecule has 1 aromatic carbocycles. The van der Waals surface area contributed by atoms with E-state index in [9.17, 15) is 9.90 Å². The van der Waals surface area contributed by atoms with E-state index in [-0.39, 0.29) is 53.1 Å². The van der Waals surface area contributed by atoms with Gasteiger partial charge in [0.05, 0.1) is 28.8 Å². The number of hydrogen-bond acceptors (Lipinski definition) is 7. The van der Waals surface area contributed by atoms with Crippen molar-refractivity contribution >= 4 is 16.7 Å². The number of aromatic nitrogens is 1. The molecule has 8 nitrogen and oxygen atoms in total. The van der Waals surface area contributed by atoms with Crippen molar-refractivity contribution in [2.45, 2.75) is 172 Å². The van der Waals surface area contributed by atoms with Crippen LogP contribution in [0.4, 0.5) is 0 Å². The van der Waals surface area contributed by atoms with Crippen molar-refractivity contribution in [3.8, 4) is 0 Å². The number of epoxide rings is 1. The van der Waals surface area contributed by atoms with Gasteiger partial charge in [0, 0.05) is 38.9 Å². The van der Waals surface area contributed by atoms with E-state index in [0.717, 1.165) is 48.8 Å². The third-order valence-corrected chi connectivity index (χ3v) is 15.9. The summed E-state index contributed by atoms with van der Waals surface area (Å²) in [6.07, 6.45) is 5.41. The number of fused-ring (bicyclic) bond motifs is 12. The highest BCUT2D eigenvalue weighted by atomic mass is 16.8. The van der Waals surface area contributed by atoms with E-state index in [0.29, 0.717) is 12.3 Å². The largest absolute Gasteiger partial charge is 0.386 e. The molecule has 10 rings (SSSR count). The summed E-state index contributed by atoms with van der Waals surface area (Å²) in [5, 5.41) is 14.7. The van der Waals surface area contributed by atoms with Crippen molar-refractivity contribution in [3.63, 3.8) is 0 Å². The predicted octanol–water partition coefficient (Wildman–Crippen LogP) is 6.87. The van der Waals surface area contributed by atoms with Crippen LogP contribution in [0.15, 0.2) is 23.8 Å². The van der Waals surface area contributed by atoms with E-state index < -0.39 is 34.1 Å². The fourth-order valence-corrected chi connectivity index (χ4v) is 13.6. The molecule has 4 saturated heterocycles. The number of carbonyl (C=O) groups is 1. The first-order chi connectivity index (χ1) is 23.3. The zero-order valence-electron chi connectivity index (χ0n) is 31.5. The quantitative estimate of drug-likeness (QED) is 0.250. The van der Waals surface area contributed by atoms with Gasteiger partial charge in [-0.2, -0.15) is 0 Å². The first kappa shape index (κ1) is 32.6. The standard InChI is InChI=1S/C42H55NO7/c1-20(2)17-28-47-32-34(38(7,8)48-28)46-27-14-15-39(9)40(10)21(13-16-41(39,45)42(27)35(32)49-42)18-24-29-23-19-25-30(37(5,6)50-36(25,3)4)31(44)22(23)11-12-26(29)43-33(24)40/h11-12,17,21,25,27-28,30,32,34-35,43,45H,13-16,18-19H2,1-10H3/t21-,25-,27-,28-,30+,32+,34-,35+,39+,40+,41-,42-/m0/s1. The molecular weight excluding hydrogens is 630 g/mol. The molecule has 2 saturated carbocycles. The molecule has 0 amide bonds. The Morgan fingerprint density at radius 1 is 0.880 bits per heavy atom. The van der Waals surface area contributed by atoms with Crippen LogP contribution in [0.1, 0.15) is 122 Å². The van der Waals surface area contributed by atoms with E-state index in [1.165, 1.54) is 22.2 Å². The molecule has 1 spiro atoms. The molecule has 0 bridgehead atoms. The first-order valence-electron chi connectivity index (χ1n) is 19.3. The van der Waals surface area contributed by atoms with Crippen LogP contribution >= 0.6 is 0 Å². The summed E-state index contributed by atoms with van der Waals surface area (Å²) in [6.45, 7) is 21.5. The number of rotatable bonds is 1. The van der Waals surface area contributed by atoms with Gasteiger partial charge in [0.25, 0.3) is 0 Å². The Bertz CT molecular complexity index is 1900. The highest BCUT2D eigenvalue weighted by molar-refractivity contribution is 6.06. The minimum Gasteiger partial charge on any atom is -0.386 e. The summed E-state index contributed by atoms with van der Waals surface area (Å²) >= 11 is 0. The average molecular weight is 686 g/mol. The van der Waals surface area contributed by atoms with Gasteiger partial charge >= 0.3 is 0 Å². The fraction of sp³-hybridized carbons (Fsp3) is 0.738. The second kappa shape index (κ2) is 9.34. The molecule has 2 N–H and O–H groups in total. The number of carbonyl (C=O) groups excluding carboxylic acids is 1. The second-order valence-electron chi connectivity index (χ2n) is 19.6. The van der Waals surface area contributed by atoms with Crippen molar-refractivity contribution in [3.05, 3.63) is 46.2 Å². The van der Waals surface area contributed by atoms with Gasteiger partial charge in [-0.15, -0.1) is 0 Å². The maximum atomic E-state index is 14.3. The molecule has 4 aliphatic carbocycles. The van der Waals surface area contributed by atoms with Crippen molar-refractivity contribution in [2.75, 3.05) is 0 Å². The highest BCUT2D eigenvalue weighted by Crippen LogP contribution is 2.75. The number of benzene rings is 1. The Hall–Kier alpha value is -2.07. The summed E-state index contributed by atoms with van der Waals surface area (Å²) in [7, 11) is 0. The fourth-order valence-electron chi connectivity index (χ4n) is 13.6. The van der Waals surface area contributed by atoms with E-state index in [2.05, 4.69) is 86.4 Å². The molecule has 8 aliphatic rings. The zero-order valence-corrected chi connectivity index (χ0v) is 31.5. The molecule has 8 heteroatoms. The molecule has 0 unspecified atom stereocenters. The maximum Gasteiger partial charge on any atom is 0.178 e. The average Bonchev–Trinajstić information content (AvgIpc) is 3.51. The van der Waals surface area contributed by atoms with Crippen molar-refractivity contribution in [1.82, 2.24) is 4.98 Å². The Labute approximate surface area is 296 Å². The van der Waals surface area contributed by atoms with Gasteiger partial charge in [-0.25, -0.2) is 0 Å². The summed E-state index contributed by atoms with van der Waals surface area (Å²) < 4.78 is 33.4. The highest BCUT2D eigenvalue weighted by Gasteiger charge is 2.87. The topological polar surface area (TPSA) is 103 Å². The Kier molecular flexibility index (Phi) is 6.09. The molecule has 5 heterocycles. The number of allylic oxidation sites excluding steroid dienone is 1. The van der Waals surface area contributed by atoms with Gasteiger partial charge in [-0.1, -0.05) is 19.4 Å². The number of nitrogens with one attached hydrogen (secondary N) is 1. The number of aromatic amines is 1. The van der Waals surface area contributed by atoms with Crippen LogP contribution in [0.3, 0.4) is 0 Å². The van der Waals surface area contributed by atoms with Gasteiger partial charge in [-0.3, -0.25) is 4.79 Å². The summed E-state index contributed by atoms with van der Waals surface area (Å²) in [5.41, 5.74) is 2.69. The Balaban J connectivity index is 1.07. The molecule has 6 fully saturated rings. The van der Waals surface area contributed by atoms with Gasteiger partial charge in [-0.05, 0) is 129 Å². The van der Waals surface area contributed by atoms with Gasteiger partial charge in [0.15, 0.2) is 17.7 Å². The molecule has 12 atom stereocenters. The zero-order chi connectivity index (χ0) is 35.3. The molecular formula is C42H55NO7. The first-order valence-corrected chi connectivity index (χ1v) is 19.3. The normalized spacial score (nSPS) is 48.3. The van der Waals surface area contributed by atoms with E-state index in [1.807, 2.05) is 6.08 Å². The number of ketones is 1. The third kappa shape index (κ3) is 3.54. The summed E-state index contributed by atoms with van der Waals surface area (Å²) in [5.74, 6) is 0.568. The Morgan fingerprint density at radius 3 is 2.38 bits per heavy atom. The number of aliphatic hydroxyl groups is 1. The molecule has 50 heavy (non-hydrogen) atoms. The van der Waals surface area contributed by atoms with Gasteiger partial charge in [0.1, 0.15) is 23.9 Å². The van der Waals surface area contributed by atoms with Gasteiger partial charge in [0.2, 0.25) is 0 Å². The van der Waals surface area contributed by atoms with Crippen LogP contribution in [-0.2, 0) is 41.9 Å². The second-order valence-corrected chi connectivity index (χ2v) is 19.6. The SMILES string of the molecule is CC(C)=C[C@H]1O[C@H]2[C@H]3O[C@@]34[C@H](CC[C@@]3(C)[C@@]4(O)CC[C@H]4Cc5c([nH]c6ccc7c(c56)C[C@H]5[C@H](C7=O)C(C)(C)OC5(C)C)[C@@]43C)O[C@@H]2C(C)(C)O1. The lowest BCUT2D eigenvalue weighted by atomic mass is 9.40. The van der Waals surface area contributed by atoms with Gasteiger partial charge < -0.3 is 33.8 Å². The minimum atomic E-state index is -1.11. The lowest BCUT2D eigenvalue weighted by molar-refractivity contribution is -0.343. The van der Waals surface area contributed by atoms with Crippen LogP contribution in [0.5, 0.6) is 0 Å². The number of Topliss-reactive ketones (excluding diaryl/α,β-unsaturated/α-hetero) is 1. The maximum absolute atomic E-state index is 14.3. The smallest absolute Gasteiger partial charge is 0.178 e. The van der Waals surface area contributed by atoms with Crippen LogP contribution in [0.2, 0.25) is 0 Å². The van der Waals surface area contributed by atoms with Crippen molar-refractivity contribution in [1.29, 1.82) is 0 Å². The monoisotopic (exact) mass is 685 g/mol. The van der Waals surface area contributed by atoms with Crippen molar-refractivity contribution in [2.24, 2.45) is 23.2 Å². The van der Waals surface area contributed by atoms with E-state index in [4.69, 9.17) is 23.7 Å². The number of H-pyrrole nitrogens is 1. The predicted molar refractivity (Wildman–Crippen MR) is 188 cm³/mol. The van der Waals surface area contributed by atoms with Crippen LogP contribution < -0.4 is 0 Å². The number of ether oxygens (including phenoxy) is 5. The summed E-state index contributed by atoms with van der Waals surface area (Å²) in [4.78, 5) is 18.2. The van der Waals surface area contributed by atoms with E-state index >= 15 is 0 Å². The van der Waals surface area contributed by atoms with Crippen LogP contribution in [0.25, 0.3) is 10.9 Å².